The zero-order valence-electron chi connectivity index (χ0n) is 13.6. The Labute approximate surface area is 136 Å². The maximum Gasteiger partial charge on any atom is 0.256 e. The predicted molar refractivity (Wildman–Crippen MR) is 91.5 cm³/mol. The lowest BCUT2D eigenvalue weighted by Gasteiger charge is -2.39. The first-order valence-corrected chi connectivity index (χ1v) is 8.53. The molecule has 4 rings (SSSR count). The van der Waals surface area contributed by atoms with E-state index < -0.39 is 0 Å². The second-order valence-electron chi connectivity index (χ2n) is 7.05. The Morgan fingerprint density at radius 1 is 1.17 bits per heavy atom. The van der Waals surface area contributed by atoms with E-state index in [0.717, 1.165) is 61.2 Å². The van der Waals surface area contributed by atoms with Crippen LogP contribution in [0.5, 0.6) is 0 Å². The van der Waals surface area contributed by atoms with E-state index in [4.69, 9.17) is 0 Å². The van der Waals surface area contributed by atoms with Gasteiger partial charge in [0, 0.05) is 30.7 Å². The number of fused-ring (bicyclic) bond motifs is 1. The van der Waals surface area contributed by atoms with E-state index in [1.807, 2.05) is 42.2 Å². The number of hydrogen-bond acceptors (Lipinski definition) is 3. The van der Waals surface area contributed by atoms with Crippen LogP contribution in [0.3, 0.4) is 0 Å². The number of nitrogens with zero attached hydrogens (tertiary/aromatic N) is 2. The van der Waals surface area contributed by atoms with Gasteiger partial charge in [0.05, 0.1) is 11.1 Å². The Bertz CT molecular complexity index is 739. The standard InChI is InChI=1S/C19H23N3O/c1-14-5-6-15-3-2-4-16(17(15)21-14)18(23)22-11-8-19(9-12-22)7-10-20-13-19/h2-6,20H,7-13H2,1H3. The van der Waals surface area contributed by atoms with Gasteiger partial charge in [-0.15, -0.1) is 0 Å². The number of aryl methyl sites for hydroxylation is 1. The van der Waals surface area contributed by atoms with Crippen molar-refractivity contribution < 1.29 is 4.79 Å². The molecular weight excluding hydrogens is 286 g/mol. The summed E-state index contributed by atoms with van der Waals surface area (Å²) >= 11 is 0. The van der Waals surface area contributed by atoms with E-state index in [0.29, 0.717) is 5.41 Å². The summed E-state index contributed by atoms with van der Waals surface area (Å²) in [5, 5.41) is 4.51. The molecule has 1 aromatic heterocycles. The fraction of sp³-hybridized carbons (Fsp3) is 0.474. The number of nitrogens with one attached hydrogen (secondary N) is 1. The molecule has 1 N–H and O–H groups in total. The predicted octanol–water partition coefficient (Wildman–Crippen LogP) is 2.76. The molecule has 0 saturated carbocycles. The molecule has 0 atom stereocenters. The van der Waals surface area contributed by atoms with Gasteiger partial charge in [0.1, 0.15) is 0 Å². The van der Waals surface area contributed by atoms with Gasteiger partial charge >= 0.3 is 0 Å². The van der Waals surface area contributed by atoms with Crippen LogP contribution < -0.4 is 5.32 Å². The molecule has 0 bridgehead atoms. The van der Waals surface area contributed by atoms with E-state index in [-0.39, 0.29) is 5.91 Å². The van der Waals surface area contributed by atoms with Crippen LogP contribution in [0.4, 0.5) is 0 Å². The highest BCUT2D eigenvalue weighted by atomic mass is 16.2. The lowest BCUT2D eigenvalue weighted by Crippen LogP contribution is -2.44. The van der Waals surface area contributed by atoms with Crippen molar-refractivity contribution in [3.8, 4) is 0 Å². The van der Waals surface area contributed by atoms with Gasteiger partial charge < -0.3 is 10.2 Å². The number of piperidine rings is 1. The molecule has 2 fully saturated rings. The molecule has 1 spiro atoms. The molecular formula is C19H23N3O. The fourth-order valence-corrected chi connectivity index (χ4v) is 3.99. The first-order chi connectivity index (χ1) is 11.2. The monoisotopic (exact) mass is 309 g/mol. The summed E-state index contributed by atoms with van der Waals surface area (Å²) in [6, 6.07) is 9.93. The average molecular weight is 309 g/mol. The van der Waals surface area contributed by atoms with Crippen molar-refractivity contribution in [1.29, 1.82) is 0 Å². The summed E-state index contributed by atoms with van der Waals surface area (Å²) in [4.78, 5) is 19.6. The third-order valence-corrected chi connectivity index (χ3v) is 5.53. The van der Waals surface area contributed by atoms with Gasteiger partial charge in [-0.25, -0.2) is 0 Å². The van der Waals surface area contributed by atoms with Crippen molar-refractivity contribution in [1.82, 2.24) is 15.2 Å². The van der Waals surface area contributed by atoms with Gasteiger partial charge in [-0.2, -0.15) is 0 Å². The fourth-order valence-electron chi connectivity index (χ4n) is 3.99. The topological polar surface area (TPSA) is 45.2 Å². The maximum absolute atomic E-state index is 13.0. The number of aromatic nitrogens is 1. The van der Waals surface area contributed by atoms with Crippen LogP contribution in [0.15, 0.2) is 30.3 Å². The maximum atomic E-state index is 13.0. The number of likely N-dealkylation sites (tertiary alicyclic amines) is 1. The first-order valence-electron chi connectivity index (χ1n) is 8.53. The van der Waals surface area contributed by atoms with Gasteiger partial charge in [0.2, 0.25) is 0 Å². The second kappa shape index (κ2) is 5.60. The van der Waals surface area contributed by atoms with Crippen molar-refractivity contribution in [3.05, 3.63) is 41.6 Å². The third-order valence-electron chi connectivity index (χ3n) is 5.53. The van der Waals surface area contributed by atoms with E-state index >= 15 is 0 Å². The smallest absolute Gasteiger partial charge is 0.256 e. The number of carbonyl (C=O) groups excluding carboxylic acids is 1. The molecule has 0 aliphatic carbocycles. The Kier molecular flexibility index (Phi) is 3.57. The van der Waals surface area contributed by atoms with Gasteiger partial charge in [0.15, 0.2) is 0 Å². The highest BCUT2D eigenvalue weighted by Crippen LogP contribution is 2.37. The summed E-state index contributed by atoms with van der Waals surface area (Å²) in [6.07, 6.45) is 3.48. The Balaban J connectivity index is 1.59. The Morgan fingerprint density at radius 2 is 2.00 bits per heavy atom. The molecule has 1 aromatic carbocycles. The van der Waals surface area contributed by atoms with E-state index in [9.17, 15) is 4.79 Å². The number of pyridine rings is 1. The van der Waals surface area contributed by atoms with Crippen LogP contribution in [0, 0.1) is 12.3 Å². The molecule has 2 aliphatic rings. The van der Waals surface area contributed by atoms with Crippen LogP contribution in [0.1, 0.15) is 35.3 Å². The van der Waals surface area contributed by atoms with Crippen LogP contribution in [-0.4, -0.2) is 42.0 Å². The molecule has 120 valence electrons. The molecule has 2 saturated heterocycles. The average Bonchev–Trinajstić information content (AvgIpc) is 3.02. The summed E-state index contributed by atoms with van der Waals surface area (Å²) < 4.78 is 0. The lowest BCUT2D eigenvalue weighted by molar-refractivity contribution is 0.0609. The number of benzene rings is 1. The van der Waals surface area contributed by atoms with Crippen molar-refractivity contribution in [2.75, 3.05) is 26.2 Å². The number of amides is 1. The summed E-state index contributed by atoms with van der Waals surface area (Å²) in [5.41, 5.74) is 2.96. The van der Waals surface area contributed by atoms with Crippen LogP contribution in [0.25, 0.3) is 10.9 Å². The third kappa shape index (κ3) is 2.61. The minimum absolute atomic E-state index is 0.134. The normalized spacial score (nSPS) is 20.3. The van der Waals surface area contributed by atoms with E-state index in [1.165, 1.54) is 6.42 Å². The van der Waals surface area contributed by atoms with Crippen LogP contribution in [-0.2, 0) is 0 Å². The zero-order chi connectivity index (χ0) is 15.9. The molecule has 23 heavy (non-hydrogen) atoms. The SMILES string of the molecule is Cc1ccc2cccc(C(=O)N3CCC4(CCNC4)CC3)c2n1. The van der Waals surface area contributed by atoms with Gasteiger partial charge in [-0.05, 0) is 50.3 Å². The van der Waals surface area contributed by atoms with Crippen molar-refractivity contribution >= 4 is 16.8 Å². The molecule has 0 unspecified atom stereocenters. The molecule has 0 radical (unpaired) electrons. The lowest BCUT2D eigenvalue weighted by atomic mass is 9.78. The minimum Gasteiger partial charge on any atom is -0.339 e. The number of rotatable bonds is 1. The Hall–Kier alpha value is -1.94. The van der Waals surface area contributed by atoms with Gasteiger partial charge in [0.25, 0.3) is 5.91 Å². The highest BCUT2D eigenvalue weighted by molar-refractivity contribution is 6.05. The molecule has 4 heteroatoms. The van der Waals surface area contributed by atoms with Gasteiger partial charge in [-0.3, -0.25) is 9.78 Å². The minimum atomic E-state index is 0.134. The van der Waals surface area contributed by atoms with Crippen molar-refractivity contribution in [2.24, 2.45) is 5.41 Å². The number of para-hydroxylation sites is 1. The van der Waals surface area contributed by atoms with Gasteiger partial charge in [-0.1, -0.05) is 18.2 Å². The molecule has 2 aromatic rings. The van der Waals surface area contributed by atoms with Crippen molar-refractivity contribution in [2.45, 2.75) is 26.2 Å². The summed E-state index contributed by atoms with van der Waals surface area (Å²) in [5.74, 6) is 0.134. The molecule has 4 nitrogen and oxygen atoms in total. The molecule has 2 aliphatic heterocycles. The summed E-state index contributed by atoms with van der Waals surface area (Å²) in [6.45, 7) is 5.94. The van der Waals surface area contributed by atoms with E-state index in [1.54, 1.807) is 0 Å². The zero-order valence-corrected chi connectivity index (χ0v) is 13.6. The first kappa shape index (κ1) is 14.6. The van der Waals surface area contributed by atoms with Crippen molar-refractivity contribution in [3.63, 3.8) is 0 Å². The summed E-state index contributed by atoms with van der Waals surface area (Å²) in [7, 11) is 0. The molecule has 1 amide bonds. The van der Waals surface area contributed by atoms with E-state index in [2.05, 4.69) is 10.3 Å². The van der Waals surface area contributed by atoms with Crippen LogP contribution >= 0.6 is 0 Å². The quantitative estimate of drug-likeness (QED) is 0.881. The number of carbonyl (C=O) groups is 1. The highest BCUT2D eigenvalue weighted by Gasteiger charge is 2.38. The van der Waals surface area contributed by atoms with Crippen LogP contribution in [0.2, 0.25) is 0 Å². The molecule has 3 heterocycles. The number of hydrogen-bond donors (Lipinski definition) is 1. The second-order valence-corrected chi connectivity index (χ2v) is 7.05. The Morgan fingerprint density at radius 3 is 2.74 bits per heavy atom. The largest absolute Gasteiger partial charge is 0.339 e.